The molecule has 2 rings (SSSR count). The highest BCUT2D eigenvalue weighted by Crippen LogP contribution is 2.32. The molecular formula is C18H16F3IN2O3. The van der Waals surface area contributed by atoms with Gasteiger partial charge in [-0.2, -0.15) is 18.3 Å². The number of phenolic OH excluding ortho intramolecular Hbond substituents is 1. The monoisotopic (exact) mass is 492 g/mol. The average Bonchev–Trinajstić information content (AvgIpc) is 2.59. The average molecular weight is 492 g/mol. The fourth-order valence-electron chi connectivity index (χ4n) is 2.20. The molecule has 0 aliphatic heterocycles. The van der Waals surface area contributed by atoms with E-state index in [0.717, 1.165) is 12.1 Å². The van der Waals surface area contributed by atoms with Crippen LogP contribution in [0, 0.1) is 3.57 Å². The van der Waals surface area contributed by atoms with Crippen LogP contribution >= 0.6 is 22.6 Å². The van der Waals surface area contributed by atoms with E-state index in [0.29, 0.717) is 21.5 Å². The molecule has 0 radical (unpaired) electrons. The summed E-state index contributed by atoms with van der Waals surface area (Å²) in [4.78, 5) is 11.9. The molecule has 144 valence electrons. The minimum Gasteiger partial charge on any atom is -0.504 e. The van der Waals surface area contributed by atoms with Crippen molar-refractivity contribution in [3.8, 4) is 11.5 Å². The summed E-state index contributed by atoms with van der Waals surface area (Å²) in [5.74, 6) is -0.242. The van der Waals surface area contributed by atoms with Crippen molar-refractivity contribution in [2.45, 2.75) is 19.5 Å². The van der Waals surface area contributed by atoms with Crippen LogP contribution in [0.4, 0.5) is 13.2 Å². The van der Waals surface area contributed by atoms with Gasteiger partial charge in [-0.25, -0.2) is 5.43 Å². The summed E-state index contributed by atoms with van der Waals surface area (Å²) >= 11 is 1.93. The van der Waals surface area contributed by atoms with Crippen LogP contribution in [0.5, 0.6) is 11.5 Å². The predicted molar refractivity (Wildman–Crippen MR) is 103 cm³/mol. The summed E-state index contributed by atoms with van der Waals surface area (Å²) in [6, 6.07) is 7.77. The number of alkyl halides is 3. The molecule has 2 aromatic carbocycles. The Morgan fingerprint density at radius 1 is 1.33 bits per heavy atom. The Morgan fingerprint density at radius 2 is 2.07 bits per heavy atom. The van der Waals surface area contributed by atoms with Crippen molar-refractivity contribution in [2.75, 3.05) is 6.61 Å². The lowest BCUT2D eigenvalue weighted by Crippen LogP contribution is -2.20. The third-order valence-corrected chi connectivity index (χ3v) is 4.19. The molecule has 0 fully saturated rings. The van der Waals surface area contributed by atoms with E-state index in [1.54, 1.807) is 19.1 Å². The van der Waals surface area contributed by atoms with Crippen LogP contribution in [0.15, 0.2) is 41.5 Å². The van der Waals surface area contributed by atoms with E-state index < -0.39 is 17.6 Å². The minimum absolute atomic E-state index is 0.0168. The van der Waals surface area contributed by atoms with Gasteiger partial charge in [-0.05, 0) is 58.8 Å². The van der Waals surface area contributed by atoms with E-state index in [4.69, 9.17) is 4.74 Å². The largest absolute Gasteiger partial charge is 0.504 e. The minimum atomic E-state index is -4.46. The molecule has 0 aliphatic rings. The fourth-order valence-corrected chi connectivity index (χ4v) is 2.82. The van der Waals surface area contributed by atoms with Gasteiger partial charge in [0.2, 0.25) is 5.91 Å². The van der Waals surface area contributed by atoms with Crippen molar-refractivity contribution in [2.24, 2.45) is 5.10 Å². The lowest BCUT2D eigenvalue weighted by Gasteiger charge is -2.09. The second-order valence-electron chi connectivity index (χ2n) is 5.45. The number of nitrogens with zero attached hydrogens (tertiary/aromatic N) is 1. The highest BCUT2D eigenvalue weighted by Gasteiger charge is 2.30. The zero-order valence-electron chi connectivity index (χ0n) is 14.2. The number of halogens is 4. The molecular weight excluding hydrogens is 476 g/mol. The Bertz CT molecular complexity index is 854. The molecule has 0 bridgehead atoms. The van der Waals surface area contributed by atoms with Crippen LogP contribution in [0.25, 0.3) is 0 Å². The zero-order valence-corrected chi connectivity index (χ0v) is 16.3. The molecule has 0 aromatic heterocycles. The second-order valence-corrected chi connectivity index (χ2v) is 6.61. The summed E-state index contributed by atoms with van der Waals surface area (Å²) in [6.07, 6.45) is -3.34. The quantitative estimate of drug-likeness (QED) is 0.363. The van der Waals surface area contributed by atoms with Crippen LogP contribution in [0.2, 0.25) is 0 Å². The lowest BCUT2D eigenvalue weighted by molar-refractivity contribution is -0.137. The van der Waals surface area contributed by atoms with Gasteiger partial charge in [0.1, 0.15) is 0 Å². The number of hydrogen-bond donors (Lipinski definition) is 2. The van der Waals surface area contributed by atoms with Crippen LogP contribution in [0.3, 0.4) is 0 Å². The normalized spacial score (nSPS) is 11.6. The Morgan fingerprint density at radius 3 is 2.74 bits per heavy atom. The van der Waals surface area contributed by atoms with Gasteiger partial charge in [-0.15, -0.1) is 0 Å². The zero-order chi connectivity index (χ0) is 20.0. The first-order chi connectivity index (χ1) is 12.7. The topological polar surface area (TPSA) is 70.9 Å². The number of rotatable bonds is 6. The molecule has 0 aliphatic carbocycles. The number of carbonyl (C=O) groups excluding carboxylic acids is 1. The number of aromatic hydroxyl groups is 1. The van der Waals surface area contributed by atoms with Crippen molar-refractivity contribution in [1.29, 1.82) is 0 Å². The van der Waals surface area contributed by atoms with Gasteiger partial charge in [-0.3, -0.25) is 4.79 Å². The number of carbonyl (C=O) groups is 1. The molecule has 2 aromatic rings. The van der Waals surface area contributed by atoms with Gasteiger partial charge < -0.3 is 9.84 Å². The smallest absolute Gasteiger partial charge is 0.416 e. The summed E-state index contributed by atoms with van der Waals surface area (Å²) in [5.41, 5.74) is 2.27. The van der Waals surface area contributed by atoms with Crippen molar-refractivity contribution in [3.63, 3.8) is 0 Å². The van der Waals surface area contributed by atoms with Gasteiger partial charge in [0, 0.05) is 0 Å². The van der Waals surface area contributed by atoms with Crippen LogP contribution < -0.4 is 10.2 Å². The Kier molecular flexibility index (Phi) is 7.05. The number of hydrogen-bond acceptors (Lipinski definition) is 4. The number of amides is 1. The number of phenols is 1. The second kappa shape index (κ2) is 9.07. The summed E-state index contributed by atoms with van der Waals surface area (Å²) in [6.45, 7) is 2.15. The maximum absolute atomic E-state index is 12.7. The maximum Gasteiger partial charge on any atom is 0.416 e. The molecule has 0 spiro atoms. The van der Waals surface area contributed by atoms with Crippen molar-refractivity contribution in [1.82, 2.24) is 5.43 Å². The van der Waals surface area contributed by atoms with Gasteiger partial charge >= 0.3 is 6.18 Å². The first-order valence-electron chi connectivity index (χ1n) is 7.84. The van der Waals surface area contributed by atoms with E-state index in [2.05, 4.69) is 10.5 Å². The summed E-state index contributed by atoms with van der Waals surface area (Å²) < 4.78 is 43.9. The van der Waals surface area contributed by atoms with Crippen LogP contribution in [-0.4, -0.2) is 23.8 Å². The molecule has 0 saturated heterocycles. The van der Waals surface area contributed by atoms with Gasteiger partial charge in [0.05, 0.1) is 28.4 Å². The summed E-state index contributed by atoms with van der Waals surface area (Å²) in [5, 5.41) is 13.7. The molecule has 0 heterocycles. The fraction of sp³-hybridized carbons (Fsp3) is 0.222. The van der Waals surface area contributed by atoms with Crippen LogP contribution in [-0.2, 0) is 17.4 Å². The SMILES string of the molecule is CCOc1cc(/C=N\NC(=O)Cc2cccc(C(F)(F)F)c2)cc(I)c1O. The van der Waals surface area contributed by atoms with Gasteiger partial charge in [0.15, 0.2) is 11.5 Å². The number of ether oxygens (including phenoxy) is 1. The molecule has 2 N–H and O–H groups in total. The highest BCUT2D eigenvalue weighted by atomic mass is 127. The van der Waals surface area contributed by atoms with Gasteiger partial charge in [0.25, 0.3) is 0 Å². The van der Waals surface area contributed by atoms with Crippen molar-refractivity contribution >= 4 is 34.7 Å². The van der Waals surface area contributed by atoms with Crippen molar-refractivity contribution < 1.29 is 27.8 Å². The third-order valence-electron chi connectivity index (χ3n) is 3.37. The Hall–Kier alpha value is -2.30. The number of benzene rings is 2. The maximum atomic E-state index is 12.7. The molecule has 0 unspecified atom stereocenters. The molecule has 1 amide bonds. The lowest BCUT2D eigenvalue weighted by atomic mass is 10.1. The van der Waals surface area contributed by atoms with Crippen molar-refractivity contribution in [3.05, 3.63) is 56.7 Å². The molecule has 5 nitrogen and oxygen atoms in total. The van der Waals surface area contributed by atoms with Gasteiger partial charge in [-0.1, -0.05) is 18.2 Å². The number of hydrazone groups is 1. The predicted octanol–water partition coefficient (Wildman–Crippen LogP) is 4.11. The molecule has 27 heavy (non-hydrogen) atoms. The van der Waals surface area contributed by atoms with E-state index in [1.165, 1.54) is 18.3 Å². The third kappa shape index (κ3) is 6.12. The Balaban J connectivity index is 2.02. The Labute approximate surface area is 167 Å². The van der Waals surface area contributed by atoms with E-state index >= 15 is 0 Å². The first-order valence-corrected chi connectivity index (χ1v) is 8.92. The van der Waals surface area contributed by atoms with E-state index in [-0.39, 0.29) is 17.7 Å². The van der Waals surface area contributed by atoms with Crippen LogP contribution in [0.1, 0.15) is 23.6 Å². The standard InChI is InChI=1S/C18H16F3IN2O3/c1-2-27-15-8-12(7-14(22)17(15)26)10-23-24-16(25)9-11-4-3-5-13(6-11)18(19,20)21/h3-8,10,26H,2,9H2,1H3,(H,24,25)/b23-10-. The number of nitrogens with one attached hydrogen (secondary N) is 1. The summed E-state index contributed by atoms with van der Waals surface area (Å²) in [7, 11) is 0. The van der Waals surface area contributed by atoms with E-state index in [9.17, 15) is 23.1 Å². The first kappa shape index (κ1) is 21.0. The highest BCUT2D eigenvalue weighted by molar-refractivity contribution is 14.1. The van der Waals surface area contributed by atoms with E-state index in [1.807, 2.05) is 22.6 Å². The molecule has 9 heteroatoms. The molecule has 0 saturated carbocycles. The molecule has 0 atom stereocenters.